The van der Waals surface area contributed by atoms with E-state index in [1.807, 2.05) is 0 Å². The summed E-state index contributed by atoms with van der Waals surface area (Å²) < 4.78 is 42.9. The fourth-order valence-electron chi connectivity index (χ4n) is 3.06. The van der Waals surface area contributed by atoms with Crippen molar-refractivity contribution in [2.75, 3.05) is 7.11 Å². The summed E-state index contributed by atoms with van der Waals surface area (Å²) in [6, 6.07) is 5.65. The van der Waals surface area contributed by atoms with Gasteiger partial charge in [0, 0.05) is 7.11 Å². The van der Waals surface area contributed by atoms with E-state index in [-0.39, 0.29) is 6.10 Å². The van der Waals surface area contributed by atoms with Gasteiger partial charge in [-0.15, -0.1) is 0 Å². The van der Waals surface area contributed by atoms with E-state index in [9.17, 15) is 13.2 Å². The number of alkyl halides is 3. The molecule has 1 aliphatic rings. The summed E-state index contributed by atoms with van der Waals surface area (Å²) in [6.45, 7) is 2.09. The fraction of sp³-hybridized carbons (Fsp3) is 0.625. The van der Waals surface area contributed by atoms with Gasteiger partial charge in [0.15, 0.2) is 0 Å². The Kier molecular flexibility index (Phi) is 4.74. The minimum atomic E-state index is -4.25. The molecule has 0 radical (unpaired) electrons. The molecule has 1 aromatic carbocycles. The maximum atomic E-state index is 12.5. The largest absolute Gasteiger partial charge is 0.416 e. The van der Waals surface area contributed by atoms with Gasteiger partial charge in [0.05, 0.1) is 11.7 Å². The Labute approximate surface area is 118 Å². The molecule has 112 valence electrons. The van der Waals surface area contributed by atoms with Crippen LogP contribution < -0.4 is 0 Å². The average Bonchev–Trinajstić information content (AvgIpc) is 2.46. The first-order valence-corrected chi connectivity index (χ1v) is 7.11. The Balaban J connectivity index is 1.97. The van der Waals surface area contributed by atoms with Crippen LogP contribution in [0, 0.1) is 5.92 Å². The van der Waals surface area contributed by atoms with Crippen molar-refractivity contribution in [3.63, 3.8) is 0 Å². The van der Waals surface area contributed by atoms with Gasteiger partial charge >= 0.3 is 6.18 Å². The van der Waals surface area contributed by atoms with Gasteiger partial charge in [-0.05, 0) is 62.1 Å². The molecule has 0 heterocycles. The van der Waals surface area contributed by atoms with Gasteiger partial charge < -0.3 is 4.74 Å². The Hall–Kier alpha value is -1.03. The normalized spacial score (nSPS) is 25.4. The molecule has 0 aliphatic heterocycles. The van der Waals surface area contributed by atoms with Crippen molar-refractivity contribution in [3.8, 4) is 0 Å². The number of hydrogen-bond donors (Lipinski definition) is 0. The Morgan fingerprint density at radius 2 is 1.60 bits per heavy atom. The number of benzene rings is 1. The van der Waals surface area contributed by atoms with Crippen LogP contribution in [0.25, 0.3) is 0 Å². The van der Waals surface area contributed by atoms with Gasteiger partial charge in [0.2, 0.25) is 0 Å². The zero-order chi connectivity index (χ0) is 14.8. The van der Waals surface area contributed by atoms with Crippen LogP contribution in [0.1, 0.15) is 49.7 Å². The molecule has 0 bridgehead atoms. The Bertz CT molecular complexity index is 416. The van der Waals surface area contributed by atoms with Crippen molar-refractivity contribution >= 4 is 0 Å². The van der Waals surface area contributed by atoms with Gasteiger partial charge in [-0.25, -0.2) is 0 Å². The number of ether oxygens (including phenoxy) is 1. The van der Waals surface area contributed by atoms with Crippen LogP contribution in [0.3, 0.4) is 0 Å². The van der Waals surface area contributed by atoms with E-state index < -0.39 is 11.7 Å². The second-order valence-electron chi connectivity index (χ2n) is 5.67. The molecule has 1 aromatic rings. The van der Waals surface area contributed by atoms with E-state index in [0.717, 1.165) is 31.2 Å². The molecule has 2 rings (SSSR count). The van der Waals surface area contributed by atoms with Gasteiger partial charge in [0.1, 0.15) is 0 Å². The van der Waals surface area contributed by atoms with Crippen molar-refractivity contribution in [1.29, 1.82) is 0 Å². The molecular weight excluding hydrogens is 265 g/mol. The molecular formula is C16H21F3O. The van der Waals surface area contributed by atoms with Gasteiger partial charge in [-0.3, -0.25) is 0 Å². The van der Waals surface area contributed by atoms with E-state index in [0.29, 0.717) is 11.8 Å². The van der Waals surface area contributed by atoms with Crippen LogP contribution in [0.4, 0.5) is 13.2 Å². The van der Waals surface area contributed by atoms with Crippen LogP contribution in [-0.2, 0) is 10.9 Å². The summed E-state index contributed by atoms with van der Waals surface area (Å²) in [6.07, 6.45) is 0.252. The zero-order valence-electron chi connectivity index (χ0n) is 11.9. The van der Waals surface area contributed by atoms with Crippen LogP contribution in [-0.4, -0.2) is 13.2 Å². The highest BCUT2D eigenvalue weighted by atomic mass is 19.4. The molecule has 0 spiro atoms. The lowest BCUT2D eigenvalue weighted by atomic mass is 9.77. The monoisotopic (exact) mass is 286 g/mol. The second kappa shape index (κ2) is 6.17. The summed E-state index contributed by atoms with van der Waals surface area (Å²) in [5.41, 5.74) is 0.462. The van der Waals surface area contributed by atoms with Crippen molar-refractivity contribution in [1.82, 2.24) is 0 Å². The zero-order valence-corrected chi connectivity index (χ0v) is 11.9. The lowest BCUT2D eigenvalue weighted by Crippen LogP contribution is -2.24. The quantitative estimate of drug-likeness (QED) is 0.758. The van der Waals surface area contributed by atoms with Crippen molar-refractivity contribution in [3.05, 3.63) is 35.4 Å². The molecule has 1 fully saturated rings. The van der Waals surface area contributed by atoms with Gasteiger partial charge in [-0.1, -0.05) is 12.1 Å². The smallest absolute Gasteiger partial charge is 0.381 e. The second-order valence-corrected chi connectivity index (χ2v) is 5.67. The molecule has 0 saturated heterocycles. The molecule has 1 unspecified atom stereocenters. The topological polar surface area (TPSA) is 9.23 Å². The maximum Gasteiger partial charge on any atom is 0.416 e. The maximum absolute atomic E-state index is 12.5. The summed E-state index contributed by atoms with van der Waals surface area (Å²) >= 11 is 0. The molecule has 1 atom stereocenters. The molecule has 0 N–H and O–H groups in total. The van der Waals surface area contributed by atoms with E-state index >= 15 is 0 Å². The van der Waals surface area contributed by atoms with Gasteiger partial charge in [0.25, 0.3) is 0 Å². The highest BCUT2D eigenvalue weighted by molar-refractivity contribution is 5.27. The molecule has 1 saturated carbocycles. The first kappa shape index (κ1) is 15.4. The number of methoxy groups -OCH3 is 1. The predicted molar refractivity (Wildman–Crippen MR) is 72.6 cm³/mol. The van der Waals surface area contributed by atoms with Crippen LogP contribution in [0.2, 0.25) is 0 Å². The SMILES string of the molecule is COC(C)C1CCC(c2ccc(C(F)(F)F)cc2)CC1. The van der Waals surface area contributed by atoms with Gasteiger partial charge in [-0.2, -0.15) is 13.2 Å². The van der Waals surface area contributed by atoms with Crippen molar-refractivity contribution in [2.24, 2.45) is 5.92 Å². The summed E-state index contributed by atoms with van der Waals surface area (Å²) in [7, 11) is 1.73. The number of rotatable bonds is 3. The minimum Gasteiger partial charge on any atom is -0.381 e. The Morgan fingerprint density at radius 1 is 1.05 bits per heavy atom. The van der Waals surface area contributed by atoms with Crippen molar-refractivity contribution < 1.29 is 17.9 Å². The minimum absolute atomic E-state index is 0.267. The van der Waals surface area contributed by atoms with E-state index in [4.69, 9.17) is 4.74 Å². The van der Waals surface area contributed by atoms with Crippen LogP contribution >= 0.6 is 0 Å². The molecule has 4 heteroatoms. The molecule has 20 heavy (non-hydrogen) atoms. The highest BCUT2D eigenvalue weighted by Gasteiger charge is 2.31. The standard InChI is InChI=1S/C16H21F3O/c1-11(20-2)12-3-5-13(6-4-12)14-7-9-15(10-8-14)16(17,18)19/h7-13H,3-6H2,1-2H3. The third-order valence-corrected chi connectivity index (χ3v) is 4.52. The highest BCUT2D eigenvalue weighted by Crippen LogP contribution is 2.38. The Morgan fingerprint density at radius 3 is 2.05 bits per heavy atom. The molecule has 0 amide bonds. The summed E-state index contributed by atoms with van der Waals surface area (Å²) in [5, 5.41) is 0. The average molecular weight is 286 g/mol. The third kappa shape index (κ3) is 3.54. The lowest BCUT2D eigenvalue weighted by Gasteiger charge is -2.31. The molecule has 0 aromatic heterocycles. The lowest BCUT2D eigenvalue weighted by molar-refractivity contribution is -0.137. The predicted octanol–water partition coefficient (Wildman–Crippen LogP) is 5.01. The molecule has 1 aliphatic carbocycles. The van der Waals surface area contributed by atoms with Crippen molar-refractivity contribution in [2.45, 2.75) is 50.8 Å². The van der Waals surface area contributed by atoms with E-state index in [1.165, 1.54) is 12.1 Å². The number of halogens is 3. The van der Waals surface area contributed by atoms with E-state index in [1.54, 1.807) is 19.2 Å². The molecule has 1 nitrogen and oxygen atoms in total. The van der Waals surface area contributed by atoms with E-state index in [2.05, 4.69) is 6.92 Å². The fourth-order valence-corrected chi connectivity index (χ4v) is 3.06. The first-order chi connectivity index (χ1) is 9.41. The van der Waals surface area contributed by atoms with Crippen LogP contribution in [0.15, 0.2) is 24.3 Å². The van der Waals surface area contributed by atoms with Crippen LogP contribution in [0.5, 0.6) is 0 Å². The third-order valence-electron chi connectivity index (χ3n) is 4.52. The summed E-state index contributed by atoms with van der Waals surface area (Å²) in [5.74, 6) is 0.961. The number of hydrogen-bond acceptors (Lipinski definition) is 1. The first-order valence-electron chi connectivity index (χ1n) is 7.11. The summed E-state index contributed by atoms with van der Waals surface area (Å²) in [4.78, 5) is 0.